The fraction of sp³-hybridized carbons (Fsp3) is 0.387. The van der Waals surface area contributed by atoms with Gasteiger partial charge in [-0.25, -0.2) is 4.39 Å². The minimum atomic E-state index is -0.970. The fourth-order valence-electron chi connectivity index (χ4n) is 6.28. The number of carbonyl (C=O) groups is 2. The Balaban J connectivity index is 1.43. The molecule has 9 heteroatoms. The number of hydrogen-bond acceptors (Lipinski definition) is 6. The van der Waals surface area contributed by atoms with E-state index in [0.717, 1.165) is 11.3 Å². The Morgan fingerprint density at radius 2 is 2.00 bits per heavy atom. The predicted molar refractivity (Wildman–Crippen MR) is 149 cm³/mol. The summed E-state index contributed by atoms with van der Waals surface area (Å²) in [6.07, 6.45) is 2.27. The van der Waals surface area contributed by atoms with E-state index in [0.29, 0.717) is 48.8 Å². The largest absolute Gasteiger partial charge is 0.457 e. The number of nitrogens with zero attached hydrogens (tertiary/aromatic N) is 2. The molecule has 0 radical (unpaired) electrons. The molecule has 0 bridgehead atoms. The van der Waals surface area contributed by atoms with Crippen LogP contribution in [0.2, 0.25) is 0 Å². The van der Waals surface area contributed by atoms with Crippen molar-refractivity contribution in [1.82, 2.24) is 20.9 Å². The molecule has 208 valence electrons. The van der Waals surface area contributed by atoms with E-state index in [-0.39, 0.29) is 41.9 Å². The van der Waals surface area contributed by atoms with Crippen molar-refractivity contribution in [3.8, 4) is 17.6 Å². The molecule has 0 saturated carbocycles. The minimum Gasteiger partial charge on any atom is -0.457 e. The van der Waals surface area contributed by atoms with Gasteiger partial charge in [-0.3, -0.25) is 14.5 Å². The number of halogens is 1. The van der Waals surface area contributed by atoms with E-state index in [1.165, 1.54) is 13.0 Å². The van der Waals surface area contributed by atoms with Gasteiger partial charge in [0.25, 0.3) is 0 Å². The molecule has 3 N–H and O–H groups in total. The number of benzene rings is 2. The highest BCUT2D eigenvalue weighted by molar-refractivity contribution is 5.92. The van der Waals surface area contributed by atoms with Crippen molar-refractivity contribution in [2.45, 2.75) is 51.1 Å². The van der Waals surface area contributed by atoms with Gasteiger partial charge in [0.05, 0.1) is 17.3 Å². The van der Waals surface area contributed by atoms with Crippen LogP contribution in [0.1, 0.15) is 50.7 Å². The monoisotopic (exact) mass is 543 g/mol. The number of ether oxygens (including phenoxy) is 1. The van der Waals surface area contributed by atoms with Crippen LogP contribution in [-0.2, 0) is 9.59 Å². The maximum Gasteiger partial charge on any atom is 0.245 e. The lowest BCUT2D eigenvalue weighted by atomic mass is 9.76. The summed E-state index contributed by atoms with van der Waals surface area (Å²) in [5, 5.41) is 18.4. The Labute approximate surface area is 233 Å². The van der Waals surface area contributed by atoms with Crippen LogP contribution in [0.25, 0.3) is 0 Å². The standard InChI is InChI=1S/C31H34FN5O3/c1-4-34-26-16-21(32)15-25-29(26)36-30(39)31(25,3)37-14-13-23(27(18-37)35-19(2)38)24-7-5-6-8-28(24)40-22-11-9-20(17-33)10-12-22/h5-12,16,23,25,27,34H,4,13-15,18H2,1-3H3,(H,35,38)(H,36,39)/t23-,25?,27+,31?/m1/s1. The van der Waals surface area contributed by atoms with Crippen molar-refractivity contribution in [3.05, 3.63) is 83.0 Å². The van der Waals surface area contributed by atoms with E-state index < -0.39 is 5.54 Å². The molecule has 3 aliphatic rings. The maximum absolute atomic E-state index is 14.8. The Hall–Kier alpha value is -4.16. The Morgan fingerprint density at radius 3 is 2.70 bits per heavy atom. The number of likely N-dealkylation sites (tertiary alicyclic amines) is 1. The molecule has 1 aliphatic carbocycles. The van der Waals surface area contributed by atoms with E-state index in [1.807, 2.05) is 38.1 Å². The number of hydrogen-bond donors (Lipinski definition) is 3. The number of likely N-dealkylation sites (N-methyl/N-ethyl adjacent to an activating group) is 1. The van der Waals surface area contributed by atoms with Crippen LogP contribution in [-0.4, -0.2) is 47.9 Å². The summed E-state index contributed by atoms with van der Waals surface area (Å²) in [5.41, 5.74) is 1.88. The molecule has 2 fully saturated rings. The molecule has 2 aromatic carbocycles. The summed E-state index contributed by atoms with van der Waals surface area (Å²) < 4.78 is 21.0. The third-order valence-electron chi connectivity index (χ3n) is 8.28. The molecule has 40 heavy (non-hydrogen) atoms. The molecule has 2 heterocycles. The predicted octanol–water partition coefficient (Wildman–Crippen LogP) is 4.23. The molecule has 4 atom stereocenters. The molecule has 0 aromatic heterocycles. The highest BCUT2D eigenvalue weighted by Gasteiger charge is 2.56. The summed E-state index contributed by atoms with van der Waals surface area (Å²) in [5.74, 6) is 0.276. The maximum atomic E-state index is 14.8. The highest BCUT2D eigenvalue weighted by Crippen LogP contribution is 2.46. The fourth-order valence-corrected chi connectivity index (χ4v) is 6.28. The average molecular weight is 544 g/mol. The molecule has 2 aromatic rings. The first-order valence-electron chi connectivity index (χ1n) is 13.7. The number of nitrogens with one attached hydrogen (secondary N) is 3. The topological polar surface area (TPSA) is 106 Å². The summed E-state index contributed by atoms with van der Waals surface area (Å²) in [4.78, 5) is 28.0. The molecule has 0 spiro atoms. The first-order chi connectivity index (χ1) is 19.2. The molecule has 5 rings (SSSR count). The zero-order chi connectivity index (χ0) is 28.4. The number of piperidine rings is 1. The molecule has 2 unspecified atom stereocenters. The van der Waals surface area contributed by atoms with Gasteiger partial charge >= 0.3 is 0 Å². The first kappa shape index (κ1) is 27.4. The normalized spacial score (nSPS) is 26.3. The summed E-state index contributed by atoms with van der Waals surface area (Å²) in [6, 6.07) is 16.5. The number of nitriles is 1. The lowest BCUT2D eigenvalue weighted by molar-refractivity contribution is -0.132. The number of allylic oxidation sites excluding steroid dienone is 2. The SMILES string of the molecule is CCNC1=C2NC(=O)C(C)(N3CC[C@H](c4ccccc4Oc4ccc(C#N)cc4)[C@@H](NC(C)=O)C3)C2CC(F)=C1. The van der Waals surface area contributed by atoms with Crippen molar-refractivity contribution in [1.29, 1.82) is 5.26 Å². The van der Waals surface area contributed by atoms with Crippen LogP contribution in [0.15, 0.2) is 71.8 Å². The van der Waals surface area contributed by atoms with Gasteiger partial charge in [-0.05, 0) is 63.2 Å². The van der Waals surface area contributed by atoms with Gasteiger partial charge in [0.1, 0.15) is 22.9 Å². The second kappa shape index (κ2) is 11.1. The van der Waals surface area contributed by atoms with Crippen LogP contribution in [0, 0.1) is 17.2 Å². The van der Waals surface area contributed by atoms with Gasteiger partial charge in [-0.2, -0.15) is 5.26 Å². The summed E-state index contributed by atoms with van der Waals surface area (Å²) in [7, 11) is 0. The van der Waals surface area contributed by atoms with Crippen LogP contribution in [0.5, 0.6) is 11.5 Å². The average Bonchev–Trinajstić information content (AvgIpc) is 3.20. The van der Waals surface area contributed by atoms with Crippen molar-refractivity contribution >= 4 is 11.8 Å². The second-order valence-electron chi connectivity index (χ2n) is 10.7. The molecule has 2 saturated heterocycles. The van der Waals surface area contributed by atoms with E-state index >= 15 is 0 Å². The quantitative estimate of drug-likeness (QED) is 0.483. The van der Waals surface area contributed by atoms with E-state index in [2.05, 4.69) is 26.9 Å². The number of carbonyl (C=O) groups excluding carboxylic acids is 2. The second-order valence-corrected chi connectivity index (χ2v) is 10.7. The third kappa shape index (κ3) is 5.07. The first-order valence-corrected chi connectivity index (χ1v) is 13.7. The van der Waals surface area contributed by atoms with Crippen LogP contribution < -0.4 is 20.7 Å². The lowest BCUT2D eigenvalue weighted by Crippen LogP contribution is -2.62. The van der Waals surface area contributed by atoms with Crippen LogP contribution in [0.3, 0.4) is 0 Å². The Morgan fingerprint density at radius 1 is 1.25 bits per heavy atom. The van der Waals surface area contributed by atoms with Crippen LogP contribution in [0.4, 0.5) is 4.39 Å². The van der Waals surface area contributed by atoms with Crippen LogP contribution >= 0.6 is 0 Å². The molecule has 8 nitrogen and oxygen atoms in total. The van der Waals surface area contributed by atoms with Crippen molar-refractivity contribution in [3.63, 3.8) is 0 Å². The van der Waals surface area contributed by atoms with Crippen molar-refractivity contribution in [2.75, 3.05) is 19.6 Å². The van der Waals surface area contributed by atoms with Crippen molar-refractivity contribution in [2.24, 2.45) is 5.92 Å². The number of fused-ring (bicyclic) bond motifs is 1. The lowest BCUT2D eigenvalue weighted by Gasteiger charge is -2.47. The Kier molecular flexibility index (Phi) is 7.63. The molecular weight excluding hydrogens is 509 g/mol. The Bertz CT molecular complexity index is 1410. The van der Waals surface area contributed by atoms with Gasteiger partial charge in [0, 0.05) is 55.6 Å². The van der Waals surface area contributed by atoms with Gasteiger partial charge in [0.15, 0.2) is 0 Å². The molecule has 2 amide bonds. The van der Waals surface area contributed by atoms with Gasteiger partial charge in [0.2, 0.25) is 11.8 Å². The third-order valence-corrected chi connectivity index (χ3v) is 8.28. The molecule has 2 aliphatic heterocycles. The van der Waals surface area contributed by atoms with Crippen molar-refractivity contribution < 1.29 is 18.7 Å². The van der Waals surface area contributed by atoms with Gasteiger partial charge in [-0.1, -0.05) is 18.2 Å². The zero-order valence-corrected chi connectivity index (χ0v) is 23.0. The highest BCUT2D eigenvalue weighted by atomic mass is 19.1. The minimum absolute atomic E-state index is 0.0712. The number of para-hydroxylation sites is 1. The van der Waals surface area contributed by atoms with E-state index in [1.54, 1.807) is 24.3 Å². The number of amides is 2. The van der Waals surface area contributed by atoms with Gasteiger partial charge < -0.3 is 20.7 Å². The van der Waals surface area contributed by atoms with Gasteiger partial charge in [-0.15, -0.1) is 0 Å². The van der Waals surface area contributed by atoms with E-state index in [4.69, 9.17) is 10.00 Å². The smallest absolute Gasteiger partial charge is 0.245 e. The summed E-state index contributed by atoms with van der Waals surface area (Å²) >= 11 is 0. The molecular formula is C31H34FN5O3. The summed E-state index contributed by atoms with van der Waals surface area (Å²) in [6.45, 7) is 6.93. The zero-order valence-electron chi connectivity index (χ0n) is 23.0. The van der Waals surface area contributed by atoms with E-state index in [9.17, 15) is 14.0 Å². The number of rotatable bonds is 7.